The van der Waals surface area contributed by atoms with Crippen molar-refractivity contribution < 1.29 is 14.4 Å². The second kappa shape index (κ2) is 11.7. The van der Waals surface area contributed by atoms with Crippen LogP contribution in [0.1, 0.15) is 42.6 Å². The number of nitrogens with one attached hydrogen (secondary N) is 1. The van der Waals surface area contributed by atoms with Crippen molar-refractivity contribution in [2.75, 3.05) is 43.4 Å². The maximum absolute atomic E-state index is 12.9. The number of benzene rings is 2. The molecule has 0 atom stereocenters. The molecule has 35 heavy (non-hydrogen) atoms. The molecule has 0 bridgehead atoms. The molecular weight excluding hydrogens is 460 g/mol. The first kappa shape index (κ1) is 25.3. The van der Waals surface area contributed by atoms with Gasteiger partial charge in [-0.3, -0.25) is 19.3 Å². The minimum Gasteiger partial charge on any atom is -0.352 e. The van der Waals surface area contributed by atoms with Crippen molar-refractivity contribution in [1.82, 2.24) is 15.1 Å². The number of fused-ring (bicyclic) bond motifs is 1. The number of amides is 3. The summed E-state index contributed by atoms with van der Waals surface area (Å²) in [6, 6.07) is 16.0. The molecule has 1 fully saturated rings. The monoisotopic (exact) mass is 494 g/mol. The lowest BCUT2D eigenvalue weighted by Crippen LogP contribution is -2.49. The number of thioether (sulfide) groups is 1. The number of carbonyl (C=O) groups is 3. The van der Waals surface area contributed by atoms with Crippen molar-refractivity contribution in [2.45, 2.75) is 44.2 Å². The van der Waals surface area contributed by atoms with E-state index >= 15 is 0 Å². The normalized spacial score (nSPS) is 16.6. The molecule has 1 N–H and O–H groups in total. The van der Waals surface area contributed by atoms with E-state index in [9.17, 15) is 14.4 Å². The Morgan fingerprint density at radius 1 is 1.06 bits per heavy atom. The van der Waals surface area contributed by atoms with Gasteiger partial charge < -0.3 is 15.1 Å². The Morgan fingerprint density at radius 3 is 2.46 bits per heavy atom. The Morgan fingerprint density at radius 2 is 1.77 bits per heavy atom. The fourth-order valence-corrected chi connectivity index (χ4v) is 5.61. The summed E-state index contributed by atoms with van der Waals surface area (Å²) in [6.45, 7) is 7.89. The van der Waals surface area contributed by atoms with Crippen LogP contribution in [-0.2, 0) is 16.1 Å². The molecule has 0 spiro atoms. The van der Waals surface area contributed by atoms with Gasteiger partial charge in [-0.1, -0.05) is 30.3 Å². The molecule has 0 aliphatic carbocycles. The van der Waals surface area contributed by atoms with Gasteiger partial charge in [-0.25, -0.2) is 0 Å². The second-order valence-corrected chi connectivity index (χ2v) is 10.0. The summed E-state index contributed by atoms with van der Waals surface area (Å²) in [6.07, 6.45) is 1.78. The van der Waals surface area contributed by atoms with E-state index < -0.39 is 0 Å². The van der Waals surface area contributed by atoms with Gasteiger partial charge in [-0.15, -0.1) is 11.8 Å². The first-order valence-electron chi connectivity index (χ1n) is 12.4. The predicted molar refractivity (Wildman–Crippen MR) is 140 cm³/mol. The fraction of sp³-hybridized carbons (Fsp3) is 0.444. The van der Waals surface area contributed by atoms with Crippen LogP contribution in [0.3, 0.4) is 0 Å². The number of carbonyl (C=O) groups excluding carboxylic acids is 3. The smallest absolute Gasteiger partial charge is 0.253 e. The summed E-state index contributed by atoms with van der Waals surface area (Å²) in [5.41, 5.74) is 2.49. The van der Waals surface area contributed by atoms with Gasteiger partial charge >= 0.3 is 0 Å². The van der Waals surface area contributed by atoms with E-state index in [1.807, 2.05) is 32.0 Å². The zero-order valence-electron chi connectivity index (χ0n) is 20.5. The molecule has 2 heterocycles. The van der Waals surface area contributed by atoms with Crippen molar-refractivity contribution >= 4 is 35.2 Å². The highest BCUT2D eigenvalue weighted by Gasteiger charge is 2.29. The molecule has 2 aliphatic heterocycles. The number of rotatable bonds is 8. The molecular formula is C27H34N4O3S. The first-order chi connectivity index (χ1) is 17.0. The molecule has 0 unspecified atom stereocenters. The molecule has 2 aliphatic rings. The van der Waals surface area contributed by atoms with Gasteiger partial charge in [0, 0.05) is 49.2 Å². The van der Waals surface area contributed by atoms with Crippen molar-refractivity contribution in [1.29, 1.82) is 0 Å². The maximum atomic E-state index is 12.9. The summed E-state index contributed by atoms with van der Waals surface area (Å²) in [5, 5.41) is 3.13. The number of piperidine rings is 1. The standard InChI is InChI=1S/C27H34N4O3S/c1-3-30(4-2)27(34)21-10-11-24-23(16-21)31(26(33)19-35-24)18-25(32)28-22-12-14-29(15-13-22)17-20-8-6-5-7-9-20/h5-11,16,22H,3-4,12-15,17-19H2,1-2H3,(H,28,32). The lowest BCUT2D eigenvalue weighted by Gasteiger charge is -2.33. The van der Waals surface area contributed by atoms with Gasteiger partial charge in [0.05, 0.1) is 11.4 Å². The van der Waals surface area contributed by atoms with Gasteiger partial charge in [-0.2, -0.15) is 0 Å². The van der Waals surface area contributed by atoms with Gasteiger partial charge in [0.2, 0.25) is 11.8 Å². The molecule has 8 heteroatoms. The maximum Gasteiger partial charge on any atom is 0.253 e. The van der Waals surface area contributed by atoms with Crippen LogP contribution in [0.2, 0.25) is 0 Å². The van der Waals surface area contributed by atoms with Crippen LogP contribution in [0.15, 0.2) is 53.4 Å². The van der Waals surface area contributed by atoms with Gasteiger partial charge in [0.25, 0.3) is 5.91 Å². The molecule has 3 amide bonds. The van der Waals surface area contributed by atoms with E-state index in [1.54, 1.807) is 11.0 Å². The average molecular weight is 495 g/mol. The van der Waals surface area contributed by atoms with E-state index in [2.05, 4.69) is 34.5 Å². The van der Waals surface area contributed by atoms with E-state index in [0.717, 1.165) is 37.4 Å². The largest absolute Gasteiger partial charge is 0.352 e. The summed E-state index contributed by atoms with van der Waals surface area (Å²) >= 11 is 1.45. The van der Waals surface area contributed by atoms with Crippen molar-refractivity contribution in [2.24, 2.45) is 0 Å². The zero-order chi connectivity index (χ0) is 24.8. The van der Waals surface area contributed by atoms with Crippen molar-refractivity contribution in [3.63, 3.8) is 0 Å². The third-order valence-electron chi connectivity index (χ3n) is 6.70. The van der Waals surface area contributed by atoms with Crippen molar-refractivity contribution in [3.8, 4) is 0 Å². The minimum atomic E-state index is -0.154. The highest BCUT2D eigenvalue weighted by atomic mass is 32.2. The van der Waals surface area contributed by atoms with Gasteiger partial charge in [-0.05, 0) is 50.5 Å². The summed E-state index contributed by atoms with van der Waals surface area (Å²) in [7, 11) is 0. The molecule has 2 aromatic rings. The van der Waals surface area contributed by atoms with Crippen LogP contribution >= 0.6 is 11.8 Å². The molecule has 0 saturated carbocycles. The Kier molecular flexibility index (Phi) is 8.46. The number of hydrogen-bond donors (Lipinski definition) is 1. The molecule has 2 aromatic carbocycles. The lowest BCUT2D eigenvalue weighted by atomic mass is 10.0. The van der Waals surface area contributed by atoms with Crippen LogP contribution < -0.4 is 10.2 Å². The third kappa shape index (κ3) is 6.24. The molecule has 0 radical (unpaired) electrons. The van der Waals surface area contributed by atoms with E-state index in [1.165, 1.54) is 22.2 Å². The second-order valence-electron chi connectivity index (χ2n) is 9.03. The molecule has 7 nitrogen and oxygen atoms in total. The van der Waals surface area contributed by atoms with Crippen LogP contribution in [0.5, 0.6) is 0 Å². The fourth-order valence-electron chi connectivity index (χ4n) is 4.70. The van der Waals surface area contributed by atoms with E-state index in [0.29, 0.717) is 30.1 Å². The first-order valence-corrected chi connectivity index (χ1v) is 13.4. The average Bonchev–Trinajstić information content (AvgIpc) is 2.88. The van der Waals surface area contributed by atoms with Gasteiger partial charge in [0.15, 0.2) is 0 Å². The van der Waals surface area contributed by atoms with Crippen LogP contribution in [-0.4, -0.2) is 72.0 Å². The highest BCUT2D eigenvalue weighted by molar-refractivity contribution is 8.00. The van der Waals surface area contributed by atoms with Crippen LogP contribution in [0, 0.1) is 0 Å². The Hall–Kier alpha value is -2.84. The molecule has 0 aromatic heterocycles. The minimum absolute atomic E-state index is 0.0282. The SMILES string of the molecule is CCN(CC)C(=O)c1ccc2c(c1)N(CC(=O)NC1CCN(Cc3ccccc3)CC1)C(=O)CS2. The predicted octanol–water partition coefficient (Wildman–Crippen LogP) is 3.39. The summed E-state index contributed by atoms with van der Waals surface area (Å²) in [4.78, 5) is 45.1. The van der Waals surface area contributed by atoms with Crippen LogP contribution in [0.4, 0.5) is 5.69 Å². The van der Waals surface area contributed by atoms with E-state index in [4.69, 9.17) is 0 Å². The molecule has 1 saturated heterocycles. The quantitative estimate of drug-likeness (QED) is 0.609. The van der Waals surface area contributed by atoms with Crippen molar-refractivity contribution in [3.05, 3.63) is 59.7 Å². The number of nitrogens with zero attached hydrogens (tertiary/aromatic N) is 3. The molecule has 4 rings (SSSR count). The Labute approximate surface area is 211 Å². The van der Waals surface area contributed by atoms with E-state index in [-0.39, 0.29) is 30.3 Å². The lowest BCUT2D eigenvalue weighted by molar-refractivity contribution is -0.123. The third-order valence-corrected chi connectivity index (χ3v) is 7.75. The van der Waals surface area contributed by atoms with Crippen LogP contribution in [0.25, 0.3) is 0 Å². The number of hydrogen-bond acceptors (Lipinski definition) is 5. The number of likely N-dealkylation sites (tertiary alicyclic amines) is 1. The Bertz CT molecular complexity index is 1050. The zero-order valence-corrected chi connectivity index (χ0v) is 21.4. The van der Waals surface area contributed by atoms with Gasteiger partial charge in [0.1, 0.15) is 6.54 Å². The summed E-state index contributed by atoms with van der Waals surface area (Å²) < 4.78 is 0. The summed E-state index contributed by atoms with van der Waals surface area (Å²) in [5.74, 6) is -0.0324. The highest BCUT2D eigenvalue weighted by Crippen LogP contribution is 2.36. The topological polar surface area (TPSA) is 73.0 Å². The number of anilines is 1. The molecule has 186 valence electrons. The Balaban J connectivity index is 1.36.